The van der Waals surface area contributed by atoms with Crippen molar-refractivity contribution in [1.29, 1.82) is 0 Å². The second kappa shape index (κ2) is 3.80. The van der Waals surface area contributed by atoms with E-state index in [0.29, 0.717) is 22.8 Å². The Kier molecular flexibility index (Phi) is 2.47. The number of nitrogens with zero attached hydrogens (tertiary/aromatic N) is 3. The number of nitrogens with one attached hydrogen (secondary N) is 1. The molecule has 6 nitrogen and oxygen atoms in total. The van der Waals surface area contributed by atoms with Crippen LogP contribution in [0.5, 0.6) is 0 Å². The summed E-state index contributed by atoms with van der Waals surface area (Å²) in [4.78, 5) is 11.8. The van der Waals surface area contributed by atoms with Crippen LogP contribution in [0, 0.1) is 13.8 Å². The van der Waals surface area contributed by atoms with Crippen molar-refractivity contribution in [2.24, 2.45) is 7.05 Å². The summed E-state index contributed by atoms with van der Waals surface area (Å²) in [5, 5.41) is 10.4. The van der Waals surface area contributed by atoms with E-state index >= 15 is 0 Å². The van der Waals surface area contributed by atoms with E-state index in [4.69, 9.17) is 4.52 Å². The fourth-order valence-electron chi connectivity index (χ4n) is 1.43. The largest absolute Gasteiger partial charge is 0.360 e. The Morgan fingerprint density at radius 3 is 2.75 bits per heavy atom. The molecule has 0 atom stereocenters. The lowest BCUT2D eigenvalue weighted by atomic mass is 10.2. The van der Waals surface area contributed by atoms with Gasteiger partial charge in [0.25, 0.3) is 5.91 Å². The zero-order chi connectivity index (χ0) is 11.7. The number of carbonyl (C=O) groups is 1. The fourth-order valence-corrected chi connectivity index (χ4v) is 1.43. The molecular formula is C10H12N4O2. The van der Waals surface area contributed by atoms with Crippen LogP contribution in [-0.2, 0) is 7.05 Å². The summed E-state index contributed by atoms with van der Waals surface area (Å²) in [5.74, 6) is 0.822. The maximum Gasteiger partial charge on any atom is 0.260 e. The molecule has 0 aromatic carbocycles. The van der Waals surface area contributed by atoms with Gasteiger partial charge in [0.1, 0.15) is 5.76 Å². The highest BCUT2D eigenvalue weighted by molar-refractivity contribution is 6.04. The van der Waals surface area contributed by atoms with Gasteiger partial charge in [0.05, 0.1) is 11.3 Å². The van der Waals surface area contributed by atoms with E-state index in [1.807, 2.05) is 0 Å². The number of aryl methyl sites for hydroxylation is 3. The standard InChI is InChI=1S/C10H12N4O2/c1-6-4-9(13-16-6)11-10(15)8-5-14(3)12-7(8)2/h4-5H,1-3H3,(H,11,13,15). The predicted molar refractivity (Wildman–Crippen MR) is 57.1 cm³/mol. The van der Waals surface area contributed by atoms with Gasteiger partial charge in [-0.3, -0.25) is 9.48 Å². The van der Waals surface area contributed by atoms with Crippen molar-refractivity contribution in [3.63, 3.8) is 0 Å². The number of aromatic nitrogens is 3. The highest BCUT2D eigenvalue weighted by Gasteiger charge is 2.13. The van der Waals surface area contributed by atoms with Gasteiger partial charge in [0.2, 0.25) is 0 Å². The second-order valence-corrected chi connectivity index (χ2v) is 3.58. The third kappa shape index (κ3) is 1.95. The molecule has 0 saturated heterocycles. The van der Waals surface area contributed by atoms with Crippen LogP contribution in [-0.4, -0.2) is 20.8 Å². The van der Waals surface area contributed by atoms with Gasteiger partial charge in [0.15, 0.2) is 5.82 Å². The first-order valence-corrected chi connectivity index (χ1v) is 4.81. The minimum atomic E-state index is -0.237. The number of anilines is 1. The van der Waals surface area contributed by atoms with Gasteiger partial charge in [-0.15, -0.1) is 0 Å². The first-order valence-electron chi connectivity index (χ1n) is 4.81. The Bertz CT molecular complexity index is 527. The minimum Gasteiger partial charge on any atom is -0.360 e. The van der Waals surface area contributed by atoms with E-state index in [-0.39, 0.29) is 5.91 Å². The Balaban J connectivity index is 2.17. The van der Waals surface area contributed by atoms with E-state index in [1.165, 1.54) is 0 Å². The van der Waals surface area contributed by atoms with Crippen LogP contribution in [0.25, 0.3) is 0 Å². The van der Waals surface area contributed by atoms with Gasteiger partial charge in [-0.05, 0) is 13.8 Å². The van der Waals surface area contributed by atoms with Gasteiger partial charge in [-0.2, -0.15) is 5.10 Å². The highest BCUT2D eigenvalue weighted by atomic mass is 16.5. The lowest BCUT2D eigenvalue weighted by molar-refractivity contribution is 0.102. The summed E-state index contributed by atoms with van der Waals surface area (Å²) in [6.45, 7) is 3.54. The van der Waals surface area contributed by atoms with Crippen LogP contribution in [0.15, 0.2) is 16.8 Å². The maximum atomic E-state index is 11.8. The van der Waals surface area contributed by atoms with Crippen LogP contribution in [0.2, 0.25) is 0 Å². The van der Waals surface area contributed by atoms with Crippen molar-refractivity contribution >= 4 is 11.7 Å². The molecule has 84 valence electrons. The number of hydrogen-bond donors (Lipinski definition) is 1. The highest BCUT2D eigenvalue weighted by Crippen LogP contribution is 2.11. The number of amides is 1. The molecule has 0 saturated carbocycles. The third-order valence-corrected chi connectivity index (χ3v) is 2.13. The lowest BCUT2D eigenvalue weighted by Crippen LogP contribution is -2.12. The normalized spacial score (nSPS) is 10.4. The van der Waals surface area contributed by atoms with E-state index < -0.39 is 0 Å². The molecule has 1 N–H and O–H groups in total. The molecule has 0 bridgehead atoms. The van der Waals surface area contributed by atoms with E-state index in [9.17, 15) is 4.79 Å². The molecule has 0 fully saturated rings. The fraction of sp³-hybridized carbons (Fsp3) is 0.300. The molecule has 2 rings (SSSR count). The van der Waals surface area contributed by atoms with Crippen LogP contribution >= 0.6 is 0 Å². The minimum absolute atomic E-state index is 0.237. The smallest absolute Gasteiger partial charge is 0.260 e. The molecule has 0 aliphatic rings. The van der Waals surface area contributed by atoms with Crippen molar-refractivity contribution < 1.29 is 9.32 Å². The Hall–Kier alpha value is -2.11. The SMILES string of the molecule is Cc1cc(NC(=O)c2cn(C)nc2C)no1. The van der Waals surface area contributed by atoms with Crippen molar-refractivity contribution in [2.45, 2.75) is 13.8 Å². The number of carbonyl (C=O) groups excluding carboxylic acids is 1. The van der Waals surface area contributed by atoms with Crippen molar-refractivity contribution in [1.82, 2.24) is 14.9 Å². The number of hydrogen-bond acceptors (Lipinski definition) is 4. The van der Waals surface area contributed by atoms with Gasteiger partial charge in [-0.1, -0.05) is 5.16 Å². The summed E-state index contributed by atoms with van der Waals surface area (Å²) < 4.78 is 6.45. The molecule has 1 amide bonds. The van der Waals surface area contributed by atoms with Crippen LogP contribution in [0.3, 0.4) is 0 Å². The van der Waals surface area contributed by atoms with Crippen molar-refractivity contribution in [3.05, 3.63) is 29.3 Å². The molecule has 2 heterocycles. The lowest BCUT2D eigenvalue weighted by Gasteiger charge is -1.98. The Morgan fingerprint density at radius 1 is 1.50 bits per heavy atom. The van der Waals surface area contributed by atoms with Crippen molar-refractivity contribution in [3.8, 4) is 0 Å². The summed E-state index contributed by atoms with van der Waals surface area (Å²) in [7, 11) is 1.77. The van der Waals surface area contributed by atoms with Crippen LogP contribution in [0.1, 0.15) is 21.8 Å². The quantitative estimate of drug-likeness (QED) is 0.827. The first-order chi connectivity index (χ1) is 7.56. The molecule has 16 heavy (non-hydrogen) atoms. The molecule has 0 radical (unpaired) electrons. The Labute approximate surface area is 92.2 Å². The van der Waals surface area contributed by atoms with E-state index in [1.54, 1.807) is 37.8 Å². The second-order valence-electron chi connectivity index (χ2n) is 3.58. The van der Waals surface area contributed by atoms with Gasteiger partial charge in [0, 0.05) is 19.3 Å². The predicted octanol–water partition coefficient (Wildman–Crippen LogP) is 1.28. The molecule has 0 aliphatic heterocycles. The average Bonchev–Trinajstić information content (AvgIpc) is 2.73. The summed E-state index contributed by atoms with van der Waals surface area (Å²) >= 11 is 0. The molecule has 2 aromatic rings. The molecule has 0 aliphatic carbocycles. The van der Waals surface area contributed by atoms with Crippen LogP contribution < -0.4 is 5.32 Å². The maximum absolute atomic E-state index is 11.8. The molecule has 6 heteroatoms. The van der Waals surface area contributed by atoms with Gasteiger partial charge < -0.3 is 9.84 Å². The Morgan fingerprint density at radius 2 is 2.25 bits per heavy atom. The zero-order valence-corrected chi connectivity index (χ0v) is 9.31. The molecular weight excluding hydrogens is 208 g/mol. The zero-order valence-electron chi connectivity index (χ0n) is 9.31. The van der Waals surface area contributed by atoms with Gasteiger partial charge in [-0.25, -0.2) is 0 Å². The van der Waals surface area contributed by atoms with Crippen molar-refractivity contribution in [2.75, 3.05) is 5.32 Å². The number of rotatable bonds is 2. The molecule has 0 spiro atoms. The third-order valence-electron chi connectivity index (χ3n) is 2.13. The summed E-state index contributed by atoms with van der Waals surface area (Å²) in [5.41, 5.74) is 1.21. The molecule has 0 unspecified atom stereocenters. The first kappa shape index (κ1) is 10.4. The van der Waals surface area contributed by atoms with Crippen LogP contribution in [0.4, 0.5) is 5.82 Å². The van der Waals surface area contributed by atoms with E-state index in [2.05, 4.69) is 15.6 Å². The monoisotopic (exact) mass is 220 g/mol. The van der Waals surface area contributed by atoms with Gasteiger partial charge >= 0.3 is 0 Å². The summed E-state index contributed by atoms with van der Waals surface area (Å²) in [6.07, 6.45) is 1.66. The topological polar surface area (TPSA) is 73.0 Å². The summed E-state index contributed by atoms with van der Waals surface area (Å²) in [6, 6.07) is 1.66. The average molecular weight is 220 g/mol. The van der Waals surface area contributed by atoms with E-state index in [0.717, 1.165) is 0 Å². The molecule has 2 aromatic heterocycles.